The molecule has 3 heteroatoms. The van der Waals surface area contributed by atoms with Gasteiger partial charge in [0, 0.05) is 24.8 Å². The predicted molar refractivity (Wildman–Crippen MR) is 67.5 cm³/mol. The Kier molecular flexibility index (Phi) is 4.19. The zero-order valence-corrected chi connectivity index (χ0v) is 10.6. The monoisotopic (exact) mass is 238 g/mol. The first-order valence-corrected chi connectivity index (χ1v) is 6.41. The molecule has 2 nitrogen and oxygen atoms in total. The van der Waals surface area contributed by atoms with Crippen LogP contribution < -0.4 is 0 Å². The van der Waals surface area contributed by atoms with Crippen molar-refractivity contribution in [3.63, 3.8) is 0 Å². The van der Waals surface area contributed by atoms with Gasteiger partial charge >= 0.3 is 0 Å². The van der Waals surface area contributed by atoms with Crippen molar-refractivity contribution in [3.8, 4) is 0 Å². The molecule has 0 aromatic carbocycles. The summed E-state index contributed by atoms with van der Waals surface area (Å²) >= 11 is 6.05. The van der Waals surface area contributed by atoms with E-state index in [0.29, 0.717) is 5.15 Å². The van der Waals surface area contributed by atoms with Crippen LogP contribution in [0.15, 0.2) is 18.3 Å². The molecule has 0 saturated heterocycles. The van der Waals surface area contributed by atoms with Gasteiger partial charge in [0.2, 0.25) is 0 Å². The lowest BCUT2D eigenvalue weighted by Crippen LogP contribution is -2.24. The number of pyridine rings is 1. The lowest BCUT2D eigenvalue weighted by Gasteiger charge is -2.20. The van der Waals surface area contributed by atoms with Gasteiger partial charge in [-0.15, -0.1) is 0 Å². The molecular weight excluding hydrogens is 220 g/mol. The van der Waals surface area contributed by atoms with Crippen molar-refractivity contribution in [1.29, 1.82) is 0 Å². The Morgan fingerprint density at radius 1 is 1.44 bits per heavy atom. The molecule has 0 spiro atoms. The highest BCUT2D eigenvalue weighted by molar-refractivity contribution is 6.30. The molecule has 1 saturated carbocycles. The van der Waals surface area contributed by atoms with Crippen molar-refractivity contribution < 1.29 is 0 Å². The molecule has 0 amide bonds. The third kappa shape index (κ3) is 3.19. The Balaban J connectivity index is 1.86. The van der Waals surface area contributed by atoms with Gasteiger partial charge in [0.05, 0.1) is 0 Å². The quantitative estimate of drug-likeness (QED) is 0.748. The fraction of sp³-hybridized carbons (Fsp3) is 0.615. The Hall–Kier alpha value is -0.600. The van der Waals surface area contributed by atoms with Crippen LogP contribution in [0.2, 0.25) is 5.15 Å². The van der Waals surface area contributed by atoms with Crippen LogP contribution in [0.5, 0.6) is 0 Å². The summed E-state index contributed by atoms with van der Waals surface area (Å²) in [7, 11) is 2.17. The molecule has 1 aromatic heterocycles. The minimum absolute atomic E-state index is 0.640. The van der Waals surface area contributed by atoms with E-state index in [2.05, 4.69) is 23.0 Å². The maximum atomic E-state index is 6.05. The van der Waals surface area contributed by atoms with Gasteiger partial charge in [0.1, 0.15) is 5.15 Å². The van der Waals surface area contributed by atoms with Crippen molar-refractivity contribution in [1.82, 2.24) is 9.88 Å². The van der Waals surface area contributed by atoms with E-state index < -0.39 is 0 Å². The van der Waals surface area contributed by atoms with E-state index in [1.165, 1.54) is 32.2 Å². The standard InChI is InChI=1S/C13H19ClN2/c1-16(9-11-5-2-3-6-11)10-12-7-4-8-15-13(12)14/h4,7-8,11H,2-3,5-6,9-10H2,1H3. The molecule has 0 N–H and O–H groups in total. The lowest BCUT2D eigenvalue weighted by atomic mass is 10.1. The van der Waals surface area contributed by atoms with E-state index in [-0.39, 0.29) is 0 Å². The van der Waals surface area contributed by atoms with Crippen LogP contribution in [0.25, 0.3) is 0 Å². The Morgan fingerprint density at radius 2 is 2.19 bits per heavy atom. The van der Waals surface area contributed by atoms with Gasteiger partial charge in [-0.25, -0.2) is 4.98 Å². The minimum Gasteiger partial charge on any atom is -0.302 e. The summed E-state index contributed by atoms with van der Waals surface area (Å²) in [5.41, 5.74) is 1.13. The zero-order chi connectivity index (χ0) is 11.4. The van der Waals surface area contributed by atoms with E-state index in [9.17, 15) is 0 Å². The largest absolute Gasteiger partial charge is 0.302 e. The summed E-state index contributed by atoms with van der Waals surface area (Å²) in [4.78, 5) is 6.46. The maximum absolute atomic E-state index is 6.05. The van der Waals surface area contributed by atoms with Crippen LogP contribution in [-0.2, 0) is 6.54 Å². The van der Waals surface area contributed by atoms with Gasteiger partial charge < -0.3 is 4.90 Å². The molecule has 88 valence electrons. The minimum atomic E-state index is 0.640. The van der Waals surface area contributed by atoms with Gasteiger partial charge in [0.15, 0.2) is 0 Å². The fourth-order valence-electron chi connectivity index (χ4n) is 2.53. The van der Waals surface area contributed by atoms with Gasteiger partial charge in [-0.2, -0.15) is 0 Å². The molecule has 0 atom stereocenters. The molecule has 1 aromatic rings. The Bertz CT molecular complexity index is 334. The molecule has 1 aliphatic carbocycles. The van der Waals surface area contributed by atoms with Crippen molar-refractivity contribution in [2.45, 2.75) is 32.2 Å². The number of aromatic nitrogens is 1. The number of hydrogen-bond donors (Lipinski definition) is 0. The summed E-state index contributed by atoms with van der Waals surface area (Å²) in [6.07, 6.45) is 7.34. The number of rotatable bonds is 4. The fourth-order valence-corrected chi connectivity index (χ4v) is 2.71. The van der Waals surface area contributed by atoms with Gasteiger partial charge in [-0.05, 0) is 31.9 Å². The summed E-state index contributed by atoms with van der Waals surface area (Å²) in [6.45, 7) is 2.09. The summed E-state index contributed by atoms with van der Waals surface area (Å²) in [6, 6.07) is 4.01. The van der Waals surface area contributed by atoms with Gasteiger partial charge in [-0.1, -0.05) is 30.5 Å². The van der Waals surface area contributed by atoms with E-state index >= 15 is 0 Å². The smallest absolute Gasteiger partial charge is 0.133 e. The highest BCUT2D eigenvalue weighted by Gasteiger charge is 2.17. The topological polar surface area (TPSA) is 16.1 Å². The SMILES string of the molecule is CN(Cc1cccnc1Cl)CC1CCCC1. The molecule has 16 heavy (non-hydrogen) atoms. The van der Waals surface area contributed by atoms with E-state index in [0.717, 1.165) is 18.0 Å². The van der Waals surface area contributed by atoms with Crippen LogP contribution in [0, 0.1) is 5.92 Å². The van der Waals surface area contributed by atoms with Crippen molar-refractivity contribution >= 4 is 11.6 Å². The second-order valence-corrected chi connectivity index (χ2v) is 5.16. The summed E-state index contributed by atoms with van der Waals surface area (Å²) < 4.78 is 0. The number of hydrogen-bond acceptors (Lipinski definition) is 2. The molecule has 1 aliphatic rings. The van der Waals surface area contributed by atoms with E-state index in [1.807, 2.05) is 6.07 Å². The number of nitrogens with zero attached hydrogens (tertiary/aromatic N) is 2. The Morgan fingerprint density at radius 3 is 2.88 bits per heavy atom. The van der Waals surface area contributed by atoms with Crippen molar-refractivity contribution in [2.75, 3.05) is 13.6 Å². The first-order valence-electron chi connectivity index (χ1n) is 6.03. The van der Waals surface area contributed by atoms with Crippen LogP contribution in [0.4, 0.5) is 0 Å². The molecule has 0 radical (unpaired) electrons. The third-order valence-electron chi connectivity index (χ3n) is 3.32. The van der Waals surface area contributed by atoms with E-state index in [1.54, 1.807) is 6.20 Å². The van der Waals surface area contributed by atoms with Gasteiger partial charge in [0.25, 0.3) is 0 Å². The van der Waals surface area contributed by atoms with Gasteiger partial charge in [-0.3, -0.25) is 0 Å². The Labute approximate surface area is 103 Å². The first-order chi connectivity index (χ1) is 7.75. The van der Waals surface area contributed by atoms with Crippen LogP contribution >= 0.6 is 11.6 Å². The molecule has 0 unspecified atom stereocenters. The lowest BCUT2D eigenvalue weighted by molar-refractivity contribution is 0.271. The highest BCUT2D eigenvalue weighted by atomic mass is 35.5. The highest BCUT2D eigenvalue weighted by Crippen LogP contribution is 2.25. The molecule has 2 rings (SSSR count). The van der Waals surface area contributed by atoms with Crippen LogP contribution in [0.1, 0.15) is 31.2 Å². The normalized spacial score (nSPS) is 17.2. The molecular formula is C13H19ClN2. The zero-order valence-electron chi connectivity index (χ0n) is 9.82. The molecule has 1 fully saturated rings. The molecule has 0 bridgehead atoms. The van der Waals surface area contributed by atoms with Crippen molar-refractivity contribution in [3.05, 3.63) is 29.0 Å². The second-order valence-electron chi connectivity index (χ2n) is 4.80. The molecule has 0 aliphatic heterocycles. The summed E-state index contributed by atoms with van der Waals surface area (Å²) in [5, 5.41) is 0.640. The molecule has 1 heterocycles. The third-order valence-corrected chi connectivity index (χ3v) is 3.66. The predicted octanol–water partition coefficient (Wildman–Crippen LogP) is 3.36. The maximum Gasteiger partial charge on any atom is 0.133 e. The van der Waals surface area contributed by atoms with E-state index in [4.69, 9.17) is 11.6 Å². The second kappa shape index (κ2) is 5.65. The first kappa shape index (κ1) is 11.9. The van der Waals surface area contributed by atoms with Crippen LogP contribution in [-0.4, -0.2) is 23.5 Å². The van der Waals surface area contributed by atoms with Crippen molar-refractivity contribution in [2.24, 2.45) is 5.92 Å². The average molecular weight is 239 g/mol. The van der Waals surface area contributed by atoms with Crippen LogP contribution in [0.3, 0.4) is 0 Å². The number of halogens is 1. The summed E-state index contributed by atoms with van der Waals surface area (Å²) in [5.74, 6) is 0.889. The average Bonchev–Trinajstić information content (AvgIpc) is 2.74.